The van der Waals surface area contributed by atoms with Crippen LogP contribution in [0.3, 0.4) is 0 Å². The number of hydrogen-bond acceptors (Lipinski definition) is 3. The zero-order chi connectivity index (χ0) is 15.2. The summed E-state index contributed by atoms with van der Waals surface area (Å²) in [6.07, 6.45) is 0. The molecule has 0 atom stereocenters. The number of amides is 2. The van der Waals surface area contributed by atoms with Gasteiger partial charge in [0.1, 0.15) is 17.3 Å². The van der Waals surface area contributed by atoms with Gasteiger partial charge in [-0.3, -0.25) is 0 Å². The molecule has 0 saturated carbocycles. The van der Waals surface area contributed by atoms with Crippen LogP contribution in [0.15, 0.2) is 53.6 Å². The number of urea groups is 1. The van der Waals surface area contributed by atoms with E-state index in [0.717, 1.165) is 5.56 Å². The van der Waals surface area contributed by atoms with Gasteiger partial charge in [0.2, 0.25) is 0 Å². The molecule has 0 bridgehead atoms. The van der Waals surface area contributed by atoms with E-state index in [9.17, 15) is 9.18 Å². The predicted octanol–water partition coefficient (Wildman–Crippen LogP) is 3.01. The second-order valence-electron chi connectivity index (χ2n) is 4.25. The molecule has 108 valence electrons. The lowest BCUT2D eigenvalue weighted by atomic mass is 10.1. The van der Waals surface area contributed by atoms with Crippen LogP contribution in [0.5, 0.6) is 11.5 Å². The zero-order valence-corrected chi connectivity index (χ0v) is 11.3. The first-order chi connectivity index (χ1) is 10.0. The number of ether oxygens (including phenoxy) is 1. The maximum absolute atomic E-state index is 12.8. The van der Waals surface area contributed by atoms with E-state index in [1.165, 1.54) is 12.1 Å². The number of hydrazone groups is 1. The van der Waals surface area contributed by atoms with E-state index >= 15 is 0 Å². The van der Waals surface area contributed by atoms with Gasteiger partial charge in [0.25, 0.3) is 0 Å². The average molecular weight is 287 g/mol. The minimum absolute atomic E-state index is 0.313. The van der Waals surface area contributed by atoms with E-state index in [1.54, 1.807) is 43.3 Å². The number of nitrogens with zero attached hydrogens (tertiary/aromatic N) is 1. The van der Waals surface area contributed by atoms with Crippen LogP contribution < -0.4 is 15.9 Å². The normalized spacial score (nSPS) is 11.0. The van der Waals surface area contributed by atoms with Crippen LogP contribution in [0, 0.1) is 5.82 Å². The summed E-state index contributed by atoms with van der Waals surface area (Å²) in [4.78, 5) is 10.6. The van der Waals surface area contributed by atoms with Crippen molar-refractivity contribution in [3.05, 3.63) is 59.9 Å². The maximum atomic E-state index is 12.8. The third-order valence-electron chi connectivity index (χ3n) is 2.66. The second-order valence-corrected chi connectivity index (χ2v) is 4.25. The van der Waals surface area contributed by atoms with Gasteiger partial charge in [-0.15, -0.1) is 0 Å². The Morgan fingerprint density at radius 2 is 1.62 bits per heavy atom. The number of rotatable bonds is 4. The molecular weight excluding hydrogens is 273 g/mol. The minimum atomic E-state index is -0.717. The molecule has 0 aliphatic heterocycles. The molecule has 0 heterocycles. The smallest absolute Gasteiger partial charge is 0.332 e. The highest BCUT2D eigenvalue weighted by atomic mass is 19.1. The lowest BCUT2D eigenvalue weighted by Crippen LogP contribution is -2.25. The van der Waals surface area contributed by atoms with Crippen LogP contribution in [0.4, 0.5) is 9.18 Å². The van der Waals surface area contributed by atoms with Crippen LogP contribution in [-0.4, -0.2) is 11.7 Å². The summed E-state index contributed by atoms with van der Waals surface area (Å²) < 4.78 is 18.4. The van der Waals surface area contributed by atoms with Crippen molar-refractivity contribution in [1.82, 2.24) is 5.43 Å². The van der Waals surface area contributed by atoms with Gasteiger partial charge < -0.3 is 10.5 Å². The number of benzene rings is 2. The monoisotopic (exact) mass is 287 g/mol. The molecule has 5 nitrogen and oxygen atoms in total. The molecular formula is C15H14FN3O2. The summed E-state index contributed by atoms with van der Waals surface area (Å²) in [5.74, 6) is 0.845. The minimum Gasteiger partial charge on any atom is -0.457 e. The zero-order valence-electron chi connectivity index (χ0n) is 11.3. The fraction of sp³-hybridized carbons (Fsp3) is 0.0667. The van der Waals surface area contributed by atoms with Gasteiger partial charge in [0, 0.05) is 0 Å². The molecule has 3 N–H and O–H groups in total. The molecule has 2 amide bonds. The lowest BCUT2D eigenvalue weighted by Gasteiger charge is -2.07. The molecule has 0 aliphatic rings. The van der Waals surface area contributed by atoms with Gasteiger partial charge in [-0.2, -0.15) is 5.10 Å². The van der Waals surface area contributed by atoms with Gasteiger partial charge in [-0.05, 0) is 61.0 Å². The first kappa shape index (κ1) is 14.5. The summed E-state index contributed by atoms with van der Waals surface area (Å²) in [7, 11) is 0. The molecule has 0 fully saturated rings. The standard InChI is InChI=1S/C15H14FN3O2/c1-10(18-19-15(17)20)11-2-6-13(7-3-11)21-14-8-4-12(16)5-9-14/h2-9H,1H3,(H3,17,19,20)/b18-10-. The predicted molar refractivity (Wildman–Crippen MR) is 77.8 cm³/mol. The highest BCUT2D eigenvalue weighted by Gasteiger charge is 2.01. The third-order valence-corrected chi connectivity index (χ3v) is 2.66. The third kappa shape index (κ3) is 4.31. The summed E-state index contributed by atoms with van der Waals surface area (Å²) >= 11 is 0. The number of carbonyl (C=O) groups is 1. The van der Waals surface area contributed by atoms with Gasteiger partial charge in [0.15, 0.2) is 0 Å². The Morgan fingerprint density at radius 3 is 2.14 bits per heavy atom. The Kier molecular flexibility index (Phi) is 4.50. The van der Waals surface area contributed by atoms with Crippen molar-refractivity contribution in [2.24, 2.45) is 10.8 Å². The van der Waals surface area contributed by atoms with Gasteiger partial charge in [-0.1, -0.05) is 0 Å². The molecule has 21 heavy (non-hydrogen) atoms. The van der Waals surface area contributed by atoms with E-state index in [2.05, 4.69) is 10.5 Å². The summed E-state index contributed by atoms with van der Waals surface area (Å²) in [6, 6.07) is 12.1. The molecule has 2 rings (SSSR count). The van der Waals surface area contributed by atoms with Crippen molar-refractivity contribution >= 4 is 11.7 Å². The molecule has 2 aromatic carbocycles. The molecule has 2 aromatic rings. The quantitative estimate of drug-likeness (QED) is 0.670. The fourth-order valence-electron chi connectivity index (χ4n) is 1.61. The molecule has 0 saturated heterocycles. The largest absolute Gasteiger partial charge is 0.457 e. The van der Waals surface area contributed by atoms with E-state index < -0.39 is 6.03 Å². The van der Waals surface area contributed by atoms with Crippen molar-refractivity contribution in [3.8, 4) is 11.5 Å². The van der Waals surface area contributed by atoms with Crippen molar-refractivity contribution < 1.29 is 13.9 Å². The van der Waals surface area contributed by atoms with Crippen LogP contribution >= 0.6 is 0 Å². The Bertz CT molecular complexity index is 652. The molecule has 0 radical (unpaired) electrons. The highest BCUT2D eigenvalue weighted by molar-refractivity contribution is 5.99. The highest BCUT2D eigenvalue weighted by Crippen LogP contribution is 2.21. The Morgan fingerprint density at radius 1 is 1.10 bits per heavy atom. The van der Waals surface area contributed by atoms with E-state index in [-0.39, 0.29) is 5.82 Å². The molecule has 0 aromatic heterocycles. The van der Waals surface area contributed by atoms with Crippen molar-refractivity contribution in [2.45, 2.75) is 6.92 Å². The van der Waals surface area contributed by atoms with Gasteiger partial charge >= 0.3 is 6.03 Å². The summed E-state index contributed by atoms with van der Waals surface area (Å²) in [6.45, 7) is 1.74. The maximum Gasteiger partial charge on any atom is 0.332 e. The number of nitrogens with two attached hydrogens (primary N) is 1. The Hall–Kier alpha value is -2.89. The van der Waals surface area contributed by atoms with E-state index in [0.29, 0.717) is 17.2 Å². The van der Waals surface area contributed by atoms with Gasteiger partial charge in [-0.25, -0.2) is 14.6 Å². The first-order valence-corrected chi connectivity index (χ1v) is 6.18. The number of carbonyl (C=O) groups excluding carboxylic acids is 1. The summed E-state index contributed by atoms with van der Waals surface area (Å²) in [5, 5.41) is 3.83. The Labute approximate surface area is 121 Å². The summed E-state index contributed by atoms with van der Waals surface area (Å²) in [5.41, 5.74) is 8.53. The van der Waals surface area contributed by atoms with E-state index in [4.69, 9.17) is 10.5 Å². The molecule has 6 heteroatoms. The van der Waals surface area contributed by atoms with Crippen molar-refractivity contribution in [1.29, 1.82) is 0 Å². The van der Waals surface area contributed by atoms with Crippen LogP contribution in [0.1, 0.15) is 12.5 Å². The molecule has 0 aliphatic carbocycles. The van der Waals surface area contributed by atoms with E-state index in [1.807, 2.05) is 0 Å². The number of primary amides is 1. The SMILES string of the molecule is C/C(=N/NC(N)=O)c1ccc(Oc2ccc(F)cc2)cc1. The number of halogens is 1. The fourth-order valence-corrected chi connectivity index (χ4v) is 1.61. The topological polar surface area (TPSA) is 76.7 Å². The van der Waals surface area contributed by atoms with Crippen molar-refractivity contribution in [3.63, 3.8) is 0 Å². The van der Waals surface area contributed by atoms with Crippen LogP contribution in [0.2, 0.25) is 0 Å². The second kappa shape index (κ2) is 6.51. The average Bonchev–Trinajstić information content (AvgIpc) is 2.48. The van der Waals surface area contributed by atoms with Crippen LogP contribution in [0.25, 0.3) is 0 Å². The first-order valence-electron chi connectivity index (χ1n) is 6.18. The molecule has 0 spiro atoms. The van der Waals surface area contributed by atoms with Crippen LogP contribution in [-0.2, 0) is 0 Å². The van der Waals surface area contributed by atoms with Gasteiger partial charge in [0.05, 0.1) is 5.71 Å². The Balaban J connectivity index is 2.06. The number of hydrogen-bond donors (Lipinski definition) is 2. The van der Waals surface area contributed by atoms with Crippen molar-refractivity contribution in [2.75, 3.05) is 0 Å². The lowest BCUT2D eigenvalue weighted by molar-refractivity contribution is 0.249. The molecule has 0 unspecified atom stereocenters. The number of nitrogens with one attached hydrogen (secondary N) is 1.